The number of rotatable bonds is 5. The Bertz CT molecular complexity index is 693. The number of nitrogens with one attached hydrogen (secondary N) is 1. The standard InChI is InChI=1S/C20H26N2O2/c1-15(17-8-7-16-5-3-4-6-18(16)13-17)21-20(23)14-22-11-9-19(24-2)10-12-22/h3-8,13,15,19H,9-12,14H2,1-2H3,(H,21,23). The number of carbonyl (C=O) groups is 1. The van der Waals surface area contributed by atoms with Crippen LogP contribution in [0.1, 0.15) is 31.4 Å². The molecule has 1 aliphatic heterocycles. The van der Waals surface area contributed by atoms with Gasteiger partial charge in [0.15, 0.2) is 0 Å². The molecule has 0 aliphatic carbocycles. The Labute approximate surface area is 143 Å². The van der Waals surface area contributed by atoms with Gasteiger partial charge in [-0.3, -0.25) is 9.69 Å². The summed E-state index contributed by atoms with van der Waals surface area (Å²) in [6.45, 7) is 4.36. The first-order chi connectivity index (χ1) is 11.7. The zero-order valence-corrected chi connectivity index (χ0v) is 14.5. The van der Waals surface area contributed by atoms with Crippen molar-refractivity contribution < 1.29 is 9.53 Å². The third kappa shape index (κ3) is 4.13. The summed E-state index contributed by atoms with van der Waals surface area (Å²) in [7, 11) is 1.76. The van der Waals surface area contributed by atoms with E-state index in [1.54, 1.807) is 7.11 Å². The van der Waals surface area contributed by atoms with Crippen molar-refractivity contribution in [3.05, 3.63) is 48.0 Å². The van der Waals surface area contributed by atoms with Crippen molar-refractivity contribution in [1.29, 1.82) is 0 Å². The number of piperidine rings is 1. The fourth-order valence-corrected chi connectivity index (χ4v) is 3.35. The highest BCUT2D eigenvalue weighted by atomic mass is 16.5. The topological polar surface area (TPSA) is 41.6 Å². The average Bonchev–Trinajstić information content (AvgIpc) is 2.61. The molecule has 128 valence electrons. The minimum absolute atomic E-state index is 0.0126. The molecule has 2 aromatic carbocycles. The van der Waals surface area contributed by atoms with E-state index in [1.165, 1.54) is 10.8 Å². The maximum Gasteiger partial charge on any atom is 0.234 e. The van der Waals surface area contributed by atoms with E-state index in [9.17, 15) is 4.79 Å². The van der Waals surface area contributed by atoms with Gasteiger partial charge in [-0.15, -0.1) is 0 Å². The van der Waals surface area contributed by atoms with Gasteiger partial charge in [0.25, 0.3) is 0 Å². The van der Waals surface area contributed by atoms with Crippen LogP contribution in [0.5, 0.6) is 0 Å². The normalized spacial score (nSPS) is 17.8. The van der Waals surface area contributed by atoms with Crippen LogP contribution in [0.2, 0.25) is 0 Å². The van der Waals surface area contributed by atoms with Crippen molar-refractivity contribution in [3.8, 4) is 0 Å². The van der Waals surface area contributed by atoms with Gasteiger partial charge in [0.2, 0.25) is 5.91 Å². The van der Waals surface area contributed by atoms with Crippen LogP contribution in [0.15, 0.2) is 42.5 Å². The van der Waals surface area contributed by atoms with Gasteiger partial charge in [0.05, 0.1) is 18.7 Å². The number of amides is 1. The number of hydrogen-bond donors (Lipinski definition) is 1. The summed E-state index contributed by atoms with van der Waals surface area (Å²) in [6, 6.07) is 14.7. The molecule has 0 aromatic heterocycles. The molecule has 4 nitrogen and oxygen atoms in total. The van der Waals surface area contributed by atoms with Crippen LogP contribution < -0.4 is 5.32 Å². The molecule has 3 rings (SSSR count). The van der Waals surface area contributed by atoms with Gasteiger partial charge in [0, 0.05) is 20.2 Å². The number of methoxy groups -OCH3 is 1. The van der Waals surface area contributed by atoms with Crippen LogP contribution in [-0.2, 0) is 9.53 Å². The predicted octanol–water partition coefficient (Wildman–Crippen LogP) is 3.13. The molecule has 24 heavy (non-hydrogen) atoms. The Kier molecular flexibility index (Phi) is 5.48. The van der Waals surface area contributed by atoms with Gasteiger partial charge in [-0.25, -0.2) is 0 Å². The van der Waals surface area contributed by atoms with Crippen molar-refractivity contribution in [2.75, 3.05) is 26.7 Å². The summed E-state index contributed by atoms with van der Waals surface area (Å²) >= 11 is 0. The van der Waals surface area contributed by atoms with Crippen LogP contribution >= 0.6 is 0 Å². The quantitative estimate of drug-likeness (QED) is 0.918. The number of benzene rings is 2. The fourth-order valence-electron chi connectivity index (χ4n) is 3.35. The molecule has 1 heterocycles. The Balaban J connectivity index is 1.55. The zero-order chi connectivity index (χ0) is 16.9. The lowest BCUT2D eigenvalue weighted by Gasteiger charge is -2.30. The minimum Gasteiger partial charge on any atom is -0.381 e. The monoisotopic (exact) mass is 326 g/mol. The van der Waals surface area contributed by atoms with E-state index in [0.717, 1.165) is 31.5 Å². The molecule has 0 bridgehead atoms. The first-order valence-corrected chi connectivity index (χ1v) is 8.69. The summed E-state index contributed by atoms with van der Waals surface area (Å²) in [5, 5.41) is 5.55. The largest absolute Gasteiger partial charge is 0.381 e. The van der Waals surface area contributed by atoms with Gasteiger partial charge in [-0.1, -0.05) is 36.4 Å². The molecule has 1 N–H and O–H groups in total. The molecule has 1 amide bonds. The lowest BCUT2D eigenvalue weighted by atomic mass is 10.0. The number of fused-ring (bicyclic) bond motifs is 1. The first-order valence-electron chi connectivity index (χ1n) is 8.69. The highest BCUT2D eigenvalue weighted by Crippen LogP contribution is 2.20. The number of hydrogen-bond acceptors (Lipinski definition) is 3. The number of nitrogens with zero attached hydrogens (tertiary/aromatic N) is 1. The third-order valence-corrected chi connectivity index (χ3v) is 4.89. The maximum atomic E-state index is 12.3. The van der Waals surface area contributed by atoms with Crippen LogP contribution in [0, 0.1) is 0 Å². The van der Waals surface area contributed by atoms with Crippen molar-refractivity contribution in [3.63, 3.8) is 0 Å². The van der Waals surface area contributed by atoms with Crippen molar-refractivity contribution in [1.82, 2.24) is 10.2 Å². The second kappa shape index (κ2) is 7.77. The van der Waals surface area contributed by atoms with Gasteiger partial charge in [0.1, 0.15) is 0 Å². The molecule has 0 radical (unpaired) electrons. The summed E-state index contributed by atoms with van der Waals surface area (Å²) in [5.74, 6) is 0.0894. The van der Waals surface area contributed by atoms with Crippen LogP contribution in [0.25, 0.3) is 10.8 Å². The maximum absolute atomic E-state index is 12.3. The van der Waals surface area contributed by atoms with E-state index in [0.29, 0.717) is 12.6 Å². The number of carbonyl (C=O) groups excluding carboxylic acids is 1. The number of likely N-dealkylation sites (tertiary alicyclic amines) is 1. The van der Waals surface area contributed by atoms with Gasteiger partial charge < -0.3 is 10.1 Å². The Morgan fingerprint density at radius 2 is 1.92 bits per heavy atom. The second-order valence-corrected chi connectivity index (χ2v) is 6.61. The van der Waals surface area contributed by atoms with E-state index in [2.05, 4.69) is 40.5 Å². The molecular weight excluding hydrogens is 300 g/mol. The van der Waals surface area contributed by atoms with E-state index in [-0.39, 0.29) is 11.9 Å². The molecule has 1 unspecified atom stereocenters. The Hall–Kier alpha value is -1.91. The number of ether oxygens (including phenoxy) is 1. The lowest BCUT2D eigenvalue weighted by Crippen LogP contribution is -2.43. The van der Waals surface area contributed by atoms with Crippen molar-refractivity contribution in [2.45, 2.75) is 31.9 Å². The Morgan fingerprint density at radius 1 is 1.21 bits per heavy atom. The molecular formula is C20H26N2O2. The summed E-state index contributed by atoms with van der Waals surface area (Å²) < 4.78 is 5.37. The molecule has 0 saturated carbocycles. The molecule has 1 fully saturated rings. The van der Waals surface area contributed by atoms with E-state index in [4.69, 9.17) is 4.74 Å². The molecule has 0 spiro atoms. The van der Waals surface area contributed by atoms with Crippen LogP contribution in [0.4, 0.5) is 0 Å². The van der Waals surface area contributed by atoms with Gasteiger partial charge in [-0.2, -0.15) is 0 Å². The highest BCUT2D eigenvalue weighted by Gasteiger charge is 2.21. The highest BCUT2D eigenvalue weighted by molar-refractivity contribution is 5.83. The van der Waals surface area contributed by atoms with E-state index in [1.807, 2.05) is 19.1 Å². The SMILES string of the molecule is COC1CCN(CC(=O)NC(C)c2ccc3ccccc3c2)CC1. The van der Waals surface area contributed by atoms with Crippen LogP contribution in [0.3, 0.4) is 0 Å². The summed E-state index contributed by atoms with van der Waals surface area (Å²) in [6.07, 6.45) is 2.36. The van der Waals surface area contributed by atoms with Gasteiger partial charge in [-0.05, 0) is 42.2 Å². The first kappa shape index (κ1) is 16.9. The lowest BCUT2D eigenvalue weighted by molar-refractivity contribution is -0.123. The van der Waals surface area contributed by atoms with Crippen molar-refractivity contribution in [2.24, 2.45) is 0 Å². The van der Waals surface area contributed by atoms with Gasteiger partial charge >= 0.3 is 0 Å². The second-order valence-electron chi connectivity index (χ2n) is 6.61. The molecule has 1 atom stereocenters. The Morgan fingerprint density at radius 3 is 2.62 bits per heavy atom. The van der Waals surface area contributed by atoms with E-state index < -0.39 is 0 Å². The summed E-state index contributed by atoms with van der Waals surface area (Å²) in [4.78, 5) is 14.5. The predicted molar refractivity (Wildman–Crippen MR) is 97.0 cm³/mol. The third-order valence-electron chi connectivity index (χ3n) is 4.89. The van der Waals surface area contributed by atoms with Crippen LogP contribution in [-0.4, -0.2) is 43.7 Å². The minimum atomic E-state index is 0.0126. The molecule has 1 aliphatic rings. The zero-order valence-electron chi connectivity index (χ0n) is 14.5. The van der Waals surface area contributed by atoms with Crippen molar-refractivity contribution >= 4 is 16.7 Å². The average molecular weight is 326 g/mol. The molecule has 2 aromatic rings. The summed E-state index contributed by atoms with van der Waals surface area (Å²) in [5.41, 5.74) is 1.14. The smallest absolute Gasteiger partial charge is 0.234 e. The molecule has 1 saturated heterocycles. The fraction of sp³-hybridized carbons (Fsp3) is 0.450. The molecule has 4 heteroatoms. The van der Waals surface area contributed by atoms with E-state index >= 15 is 0 Å².